The van der Waals surface area contributed by atoms with Crippen LogP contribution in [0.5, 0.6) is 0 Å². The fourth-order valence-electron chi connectivity index (χ4n) is 3.83. The molecule has 0 atom stereocenters. The number of halogens is 1. The fraction of sp³-hybridized carbons (Fsp3) is 0.385. The Hall–Kier alpha value is -2.64. The van der Waals surface area contributed by atoms with Gasteiger partial charge in [0.15, 0.2) is 0 Å². The molecule has 33 heavy (non-hydrogen) atoms. The maximum atomic E-state index is 14.2. The maximum Gasteiger partial charge on any atom is 0.234 e. The van der Waals surface area contributed by atoms with Gasteiger partial charge in [-0.05, 0) is 72.7 Å². The molecule has 1 amide bonds. The van der Waals surface area contributed by atoms with Gasteiger partial charge in [0.1, 0.15) is 16.4 Å². The molecule has 7 heteroatoms. The van der Waals surface area contributed by atoms with E-state index in [1.54, 1.807) is 24.6 Å². The predicted octanol–water partition coefficient (Wildman–Crippen LogP) is 5.85. The second-order valence-corrected chi connectivity index (χ2v) is 10.2. The molecule has 2 N–H and O–H groups in total. The number of nitrogens with one attached hydrogen (secondary N) is 1. The molecule has 3 aromatic rings. The molecule has 0 aliphatic carbocycles. The van der Waals surface area contributed by atoms with Crippen molar-refractivity contribution in [1.82, 2.24) is 14.5 Å². The average molecular weight is 470 g/mol. The van der Waals surface area contributed by atoms with Gasteiger partial charge in [-0.15, -0.1) is 0 Å². The Labute approximate surface area is 199 Å². The molecule has 0 radical (unpaired) electrons. The highest BCUT2D eigenvalue weighted by atomic mass is 32.2. The first-order valence-corrected chi connectivity index (χ1v) is 11.9. The Morgan fingerprint density at radius 2 is 1.67 bits per heavy atom. The van der Waals surface area contributed by atoms with Gasteiger partial charge in [-0.2, -0.15) is 5.10 Å². The molecule has 5 nitrogen and oxygen atoms in total. The van der Waals surface area contributed by atoms with Gasteiger partial charge < -0.3 is 5.11 Å². The number of aromatic nitrogens is 2. The molecule has 176 valence electrons. The van der Waals surface area contributed by atoms with E-state index < -0.39 is 5.60 Å². The van der Waals surface area contributed by atoms with E-state index in [9.17, 15) is 14.3 Å². The van der Waals surface area contributed by atoms with Crippen molar-refractivity contribution in [3.63, 3.8) is 0 Å². The summed E-state index contributed by atoms with van der Waals surface area (Å²) in [4.78, 5) is 12.9. The SMILES string of the molecule is CC(C)c1cc(F)cc(C(C)C)c1CC(=O)NSc1cc(C(C)(C)O)n(-c2ccccc2)n1. The molecule has 0 bridgehead atoms. The minimum atomic E-state index is -1.11. The van der Waals surface area contributed by atoms with E-state index in [0.29, 0.717) is 10.7 Å². The van der Waals surface area contributed by atoms with Crippen molar-refractivity contribution in [3.05, 3.63) is 76.7 Å². The maximum absolute atomic E-state index is 14.2. The first-order chi connectivity index (χ1) is 15.5. The normalized spacial score (nSPS) is 11.9. The van der Waals surface area contributed by atoms with Gasteiger partial charge in [0.2, 0.25) is 5.91 Å². The van der Waals surface area contributed by atoms with Crippen molar-refractivity contribution >= 4 is 17.9 Å². The zero-order chi connectivity index (χ0) is 24.3. The Balaban J connectivity index is 1.82. The second-order valence-electron chi connectivity index (χ2n) is 9.35. The lowest BCUT2D eigenvalue weighted by Crippen LogP contribution is -2.20. The van der Waals surface area contributed by atoms with Crippen molar-refractivity contribution in [2.75, 3.05) is 0 Å². The standard InChI is InChI=1S/C26H32FN3O2S/c1-16(2)20-12-18(27)13-21(17(3)4)22(20)14-24(31)29-33-25-15-23(26(5,6)32)30(28-25)19-10-8-7-9-11-19/h7-13,15-17,32H,14H2,1-6H3,(H,29,31). The molecule has 0 aliphatic rings. The number of carbonyl (C=O) groups excluding carboxylic acids is 1. The summed E-state index contributed by atoms with van der Waals surface area (Å²) in [6.45, 7) is 11.4. The number of hydrogen-bond acceptors (Lipinski definition) is 4. The van der Waals surface area contributed by atoms with E-state index in [1.165, 1.54) is 12.1 Å². The molecule has 0 fully saturated rings. The Kier molecular flexibility index (Phi) is 7.65. The third-order valence-corrected chi connectivity index (χ3v) is 6.19. The Bertz CT molecular complexity index is 1090. The number of aliphatic hydroxyl groups is 1. The first-order valence-electron chi connectivity index (χ1n) is 11.1. The van der Waals surface area contributed by atoms with E-state index in [2.05, 4.69) is 9.82 Å². The molecule has 3 rings (SSSR count). The number of hydrogen-bond donors (Lipinski definition) is 2. The van der Waals surface area contributed by atoms with Crippen LogP contribution in [0.2, 0.25) is 0 Å². The molecule has 2 aromatic carbocycles. The van der Waals surface area contributed by atoms with E-state index in [0.717, 1.165) is 34.3 Å². The zero-order valence-corrected chi connectivity index (χ0v) is 20.8. The van der Waals surface area contributed by atoms with Gasteiger partial charge in [0.25, 0.3) is 0 Å². The van der Waals surface area contributed by atoms with Gasteiger partial charge in [-0.25, -0.2) is 9.07 Å². The lowest BCUT2D eigenvalue weighted by Gasteiger charge is -2.19. The number of nitrogens with zero attached hydrogens (tertiary/aromatic N) is 2. The van der Waals surface area contributed by atoms with Crippen LogP contribution in [0.3, 0.4) is 0 Å². The molecule has 1 aromatic heterocycles. The summed E-state index contributed by atoms with van der Waals surface area (Å²) >= 11 is 1.11. The lowest BCUT2D eigenvalue weighted by atomic mass is 9.87. The summed E-state index contributed by atoms with van der Waals surface area (Å²) in [6.07, 6.45) is 0.159. The topological polar surface area (TPSA) is 67.2 Å². The molecule has 0 spiro atoms. The van der Waals surface area contributed by atoms with Crippen LogP contribution in [0, 0.1) is 5.82 Å². The molecule has 0 saturated carbocycles. The highest BCUT2D eigenvalue weighted by molar-refractivity contribution is 7.97. The summed E-state index contributed by atoms with van der Waals surface area (Å²) in [6, 6.07) is 14.4. The Morgan fingerprint density at radius 1 is 1.09 bits per heavy atom. The van der Waals surface area contributed by atoms with Gasteiger partial charge in [-0.3, -0.25) is 9.52 Å². The van der Waals surface area contributed by atoms with Gasteiger partial charge in [0, 0.05) is 11.9 Å². The monoisotopic (exact) mass is 469 g/mol. The summed E-state index contributed by atoms with van der Waals surface area (Å²) in [5.41, 5.74) is 2.92. The van der Waals surface area contributed by atoms with Crippen molar-refractivity contribution in [1.29, 1.82) is 0 Å². The largest absolute Gasteiger partial charge is 0.384 e. The fourth-order valence-corrected chi connectivity index (χ4v) is 4.41. The number of benzene rings is 2. The molecular weight excluding hydrogens is 437 g/mol. The van der Waals surface area contributed by atoms with E-state index in [4.69, 9.17) is 0 Å². The van der Waals surface area contributed by atoms with Crippen LogP contribution in [0.25, 0.3) is 5.69 Å². The van der Waals surface area contributed by atoms with Crippen LogP contribution in [0.4, 0.5) is 4.39 Å². The van der Waals surface area contributed by atoms with E-state index in [-0.39, 0.29) is 30.0 Å². The molecule has 0 saturated heterocycles. The summed E-state index contributed by atoms with van der Waals surface area (Å²) in [7, 11) is 0. The van der Waals surface area contributed by atoms with Crippen molar-refractivity contribution < 1.29 is 14.3 Å². The zero-order valence-electron chi connectivity index (χ0n) is 20.0. The highest BCUT2D eigenvalue weighted by Gasteiger charge is 2.25. The number of rotatable bonds is 8. The molecule has 1 heterocycles. The van der Waals surface area contributed by atoms with Crippen LogP contribution in [-0.4, -0.2) is 20.8 Å². The van der Waals surface area contributed by atoms with Gasteiger partial charge >= 0.3 is 0 Å². The minimum absolute atomic E-state index is 0.101. The first kappa shape index (κ1) is 25.0. The van der Waals surface area contributed by atoms with E-state index in [1.807, 2.05) is 58.0 Å². The number of para-hydroxylation sites is 1. The van der Waals surface area contributed by atoms with Crippen LogP contribution in [-0.2, 0) is 16.8 Å². The summed E-state index contributed by atoms with van der Waals surface area (Å²) in [5, 5.41) is 15.8. The van der Waals surface area contributed by atoms with Crippen LogP contribution in [0.15, 0.2) is 53.6 Å². The quantitative estimate of drug-likeness (QED) is 0.406. The van der Waals surface area contributed by atoms with Crippen LogP contribution in [0.1, 0.15) is 75.8 Å². The Morgan fingerprint density at radius 3 is 2.18 bits per heavy atom. The van der Waals surface area contributed by atoms with Crippen LogP contribution < -0.4 is 4.72 Å². The molecule has 0 unspecified atom stereocenters. The van der Waals surface area contributed by atoms with Gasteiger partial charge in [-0.1, -0.05) is 45.9 Å². The molecular formula is C26H32FN3O2S. The lowest BCUT2D eigenvalue weighted by molar-refractivity contribution is -0.118. The van der Waals surface area contributed by atoms with Gasteiger partial charge in [0.05, 0.1) is 17.8 Å². The minimum Gasteiger partial charge on any atom is -0.384 e. The van der Waals surface area contributed by atoms with E-state index >= 15 is 0 Å². The highest BCUT2D eigenvalue weighted by Crippen LogP contribution is 2.30. The number of carbonyl (C=O) groups is 1. The van der Waals surface area contributed by atoms with Crippen molar-refractivity contribution in [3.8, 4) is 5.69 Å². The smallest absolute Gasteiger partial charge is 0.234 e. The third kappa shape index (κ3) is 6.03. The predicted molar refractivity (Wildman–Crippen MR) is 131 cm³/mol. The third-order valence-electron chi connectivity index (χ3n) is 5.45. The molecule has 0 aliphatic heterocycles. The average Bonchev–Trinajstić information content (AvgIpc) is 3.18. The van der Waals surface area contributed by atoms with Crippen molar-refractivity contribution in [2.45, 2.75) is 70.4 Å². The van der Waals surface area contributed by atoms with Crippen molar-refractivity contribution in [2.24, 2.45) is 0 Å². The van der Waals surface area contributed by atoms with Crippen LogP contribution >= 0.6 is 11.9 Å². The summed E-state index contributed by atoms with van der Waals surface area (Å²) in [5.74, 6) is -0.254. The second kappa shape index (κ2) is 10.1. The number of amides is 1. The summed E-state index contributed by atoms with van der Waals surface area (Å²) < 4.78 is 18.7.